The number of hydrogen-bond acceptors (Lipinski definition) is 7. The van der Waals surface area contributed by atoms with E-state index in [0.29, 0.717) is 40.5 Å². The monoisotopic (exact) mass is 717 g/mol. The molecule has 2 heterocycles. The van der Waals surface area contributed by atoms with Crippen molar-refractivity contribution in [1.82, 2.24) is 29.9 Å². The molecule has 7 aromatic carbocycles. The van der Waals surface area contributed by atoms with Gasteiger partial charge in [-0.3, -0.25) is 0 Å². The van der Waals surface area contributed by atoms with Gasteiger partial charge >= 0.3 is 0 Å². The molecule has 0 radical (unpaired) electrons. The minimum Gasteiger partial charge on any atom is -0.208 e. The first kappa shape index (κ1) is 33.9. The molecule has 0 aliphatic heterocycles. The van der Waals surface area contributed by atoms with Crippen molar-refractivity contribution in [3.8, 4) is 96.7 Å². The van der Waals surface area contributed by atoms with Crippen LogP contribution in [0.4, 0.5) is 0 Å². The number of rotatable bonds is 8. The highest BCUT2D eigenvalue weighted by Gasteiger charge is 2.20. The summed E-state index contributed by atoms with van der Waals surface area (Å²) in [5.74, 6) is 3.40. The van der Waals surface area contributed by atoms with Gasteiger partial charge in [-0.2, -0.15) is 5.26 Å². The van der Waals surface area contributed by atoms with Crippen molar-refractivity contribution in [3.05, 3.63) is 194 Å². The standard InChI is InChI=1S/C49H31N7/c50-32-33-16-15-25-38(30-33)43-31-39(28-29-42(43)49-55-46(36-21-9-3-10-22-36)52-47(56-49)37-23-11-4-12-24-37)40-26-13-14-27-41(40)48-53-44(34-17-5-1-6-18-34)51-45(54-48)35-19-7-2-8-20-35/h1-31H. The molecular weight excluding hydrogens is 687 g/mol. The molecule has 0 amide bonds. The summed E-state index contributed by atoms with van der Waals surface area (Å²) in [6.07, 6.45) is 0. The maximum atomic E-state index is 9.92. The summed E-state index contributed by atoms with van der Waals surface area (Å²) in [6.45, 7) is 0. The van der Waals surface area contributed by atoms with E-state index in [1.165, 1.54) is 0 Å². The average Bonchev–Trinajstić information content (AvgIpc) is 3.29. The summed E-state index contributed by atoms with van der Waals surface area (Å²) < 4.78 is 0. The van der Waals surface area contributed by atoms with Crippen LogP contribution in [0.5, 0.6) is 0 Å². The van der Waals surface area contributed by atoms with Crippen LogP contribution in [0.3, 0.4) is 0 Å². The second-order valence-electron chi connectivity index (χ2n) is 13.1. The van der Waals surface area contributed by atoms with Crippen LogP contribution in [-0.2, 0) is 0 Å². The molecule has 0 atom stereocenters. The van der Waals surface area contributed by atoms with Crippen molar-refractivity contribution in [3.63, 3.8) is 0 Å². The first-order chi connectivity index (χ1) is 27.7. The van der Waals surface area contributed by atoms with Gasteiger partial charge in [-0.05, 0) is 46.5 Å². The van der Waals surface area contributed by atoms with Crippen LogP contribution in [0.15, 0.2) is 188 Å². The van der Waals surface area contributed by atoms with Crippen LogP contribution in [0, 0.1) is 11.3 Å². The molecule has 0 spiro atoms. The summed E-state index contributed by atoms with van der Waals surface area (Å²) in [7, 11) is 0. The Morgan fingerprint density at radius 1 is 0.268 bits per heavy atom. The lowest BCUT2D eigenvalue weighted by Crippen LogP contribution is -2.02. The van der Waals surface area contributed by atoms with E-state index in [4.69, 9.17) is 29.9 Å². The van der Waals surface area contributed by atoms with Crippen LogP contribution in [0.1, 0.15) is 5.56 Å². The number of benzene rings is 7. The van der Waals surface area contributed by atoms with Crippen molar-refractivity contribution in [2.24, 2.45) is 0 Å². The quantitative estimate of drug-likeness (QED) is 0.154. The Morgan fingerprint density at radius 2 is 0.625 bits per heavy atom. The molecule has 0 saturated carbocycles. The normalized spacial score (nSPS) is 10.8. The van der Waals surface area contributed by atoms with E-state index in [2.05, 4.69) is 30.3 Å². The smallest absolute Gasteiger partial charge is 0.164 e. The van der Waals surface area contributed by atoms with Crippen LogP contribution >= 0.6 is 0 Å². The Bertz CT molecular complexity index is 2740. The summed E-state index contributed by atoms with van der Waals surface area (Å²) in [5, 5.41) is 9.92. The van der Waals surface area contributed by atoms with E-state index in [1.54, 1.807) is 0 Å². The van der Waals surface area contributed by atoms with E-state index in [0.717, 1.165) is 55.6 Å². The molecule has 7 heteroatoms. The Kier molecular flexibility index (Phi) is 9.18. The van der Waals surface area contributed by atoms with Crippen LogP contribution in [0.25, 0.3) is 90.6 Å². The third-order valence-electron chi connectivity index (χ3n) is 9.44. The van der Waals surface area contributed by atoms with Gasteiger partial charge in [-0.25, -0.2) is 29.9 Å². The molecule has 0 fully saturated rings. The number of hydrogen-bond donors (Lipinski definition) is 0. The van der Waals surface area contributed by atoms with Gasteiger partial charge in [0, 0.05) is 33.4 Å². The zero-order chi connectivity index (χ0) is 37.7. The second kappa shape index (κ2) is 15.2. The topological polar surface area (TPSA) is 101 Å². The van der Waals surface area contributed by atoms with Gasteiger partial charge in [0.15, 0.2) is 34.9 Å². The van der Waals surface area contributed by atoms with Crippen molar-refractivity contribution >= 4 is 0 Å². The highest BCUT2D eigenvalue weighted by Crippen LogP contribution is 2.39. The van der Waals surface area contributed by atoms with Gasteiger partial charge in [-0.15, -0.1) is 0 Å². The van der Waals surface area contributed by atoms with Crippen molar-refractivity contribution in [2.75, 3.05) is 0 Å². The molecular formula is C49H31N7. The highest BCUT2D eigenvalue weighted by atomic mass is 15.0. The predicted octanol–water partition coefficient (Wildman–Crippen LogP) is 11.3. The van der Waals surface area contributed by atoms with E-state index in [-0.39, 0.29) is 0 Å². The van der Waals surface area contributed by atoms with Gasteiger partial charge in [0.25, 0.3) is 0 Å². The molecule has 0 saturated heterocycles. The Balaban J connectivity index is 1.25. The van der Waals surface area contributed by atoms with Gasteiger partial charge in [0.2, 0.25) is 0 Å². The fourth-order valence-electron chi connectivity index (χ4n) is 6.69. The van der Waals surface area contributed by atoms with E-state index in [9.17, 15) is 5.26 Å². The first-order valence-corrected chi connectivity index (χ1v) is 18.2. The molecule has 7 nitrogen and oxygen atoms in total. The first-order valence-electron chi connectivity index (χ1n) is 18.2. The van der Waals surface area contributed by atoms with Crippen LogP contribution in [-0.4, -0.2) is 29.9 Å². The molecule has 2 aromatic heterocycles. The van der Waals surface area contributed by atoms with E-state index in [1.807, 2.05) is 164 Å². The maximum Gasteiger partial charge on any atom is 0.164 e. The predicted molar refractivity (Wildman–Crippen MR) is 221 cm³/mol. The summed E-state index contributed by atoms with van der Waals surface area (Å²) in [4.78, 5) is 30.0. The molecule has 0 bridgehead atoms. The van der Waals surface area contributed by atoms with Crippen molar-refractivity contribution in [2.45, 2.75) is 0 Å². The summed E-state index contributed by atoms with van der Waals surface area (Å²) in [5.41, 5.74) is 9.37. The van der Waals surface area contributed by atoms with Gasteiger partial charge in [0.1, 0.15) is 0 Å². The molecule has 9 rings (SSSR count). The molecule has 0 aliphatic rings. The average molecular weight is 718 g/mol. The molecule has 9 aromatic rings. The van der Waals surface area contributed by atoms with Gasteiger partial charge in [-0.1, -0.05) is 164 Å². The highest BCUT2D eigenvalue weighted by molar-refractivity contribution is 5.89. The Labute approximate surface area is 324 Å². The largest absolute Gasteiger partial charge is 0.208 e. The van der Waals surface area contributed by atoms with Gasteiger partial charge in [0.05, 0.1) is 11.6 Å². The van der Waals surface area contributed by atoms with E-state index < -0.39 is 0 Å². The van der Waals surface area contributed by atoms with E-state index >= 15 is 0 Å². The number of nitriles is 1. The zero-order valence-electron chi connectivity index (χ0n) is 30.0. The number of aromatic nitrogens is 6. The fourth-order valence-corrected chi connectivity index (χ4v) is 6.69. The fraction of sp³-hybridized carbons (Fsp3) is 0. The third kappa shape index (κ3) is 6.94. The SMILES string of the molecule is N#Cc1cccc(-c2cc(-c3ccccc3-c3nc(-c4ccccc4)nc(-c4ccccc4)n3)ccc2-c2nc(-c3ccccc3)nc(-c3ccccc3)n2)c1. The van der Waals surface area contributed by atoms with Crippen molar-refractivity contribution in [1.29, 1.82) is 5.26 Å². The maximum absolute atomic E-state index is 9.92. The molecule has 0 aliphatic carbocycles. The Hall–Kier alpha value is -7.95. The lowest BCUT2D eigenvalue weighted by Gasteiger charge is -2.16. The van der Waals surface area contributed by atoms with Crippen LogP contribution in [0.2, 0.25) is 0 Å². The summed E-state index contributed by atoms with van der Waals surface area (Å²) >= 11 is 0. The number of nitrogens with zero attached hydrogens (tertiary/aromatic N) is 7. The molecule has 0 N–H and O–H groups in total. The lowest BCUT2D eigenvalue weighted by molar-refractivity contribution is 1.07. The summed E-state index contributed by atoms with van der Waals surface area (Å²) in [6, 6.07) is 64.1. The van der Waals surface area contributed by atoms with Crippen molar-refractivity contribution < 1.29 is 0 Å². The minimum absolute atomic E-state index is 0.521. The molecule has 0 unspecified atom stereocenters. The molecule has 262 valence electrons. The van der Waals surface area contributed by atoms with Gasteiger partial charge < -0.3 is 0 Å². The third-order valence-corrected chi connectivity index (χ3v) is 9.44. The second-order valence-corrected chi connectivity index (χ2v) is 13.1. The molecule has 56 heavy (non-hydrogen) atoms. The zero-order valence-corrected chi connectivity index (χ0v) is 30.0. The lowest BCUT2D eigenvalue weighted by atomic mass is 9.91. The Morgan fingerprint density at radius 3 is 1.07 bits per heavy atom. The van der Waals surface area contributed by atoms with Crippen LogP contribution < -0.4 is 0 Å². The minimum atomic E-state index is 0.521.